The van der Waals surface area contributed by atoms with Gasteiger partial charge in [0.05, 0.1) is 7.11 Å². The van der Waals surface area contributed by atoms with Gasteiger partial charge >= 0.3 is 0 Å². The second-order valence-electron chi connectivity index (χ2n) is 9.88. The molecule has 0 bridgehead atoms. The van der Waals surface area contributed by atoms with Gasteiger partial charge in [0.1, 0.15) is 16.5 Å². The minimum atomic E-state index is -4.06. The first-order valence-corrected chi connectivity index (χ1v) is 15.1. The van der Waals surface area contributed by atoms with Gasteiger partial charge in [-0.25, -0.2) is 17.8 Å². The number of aromatic nitrogens is 1. The summed E-state index contributed by atoms with van der Waals surface area (Å²) in [6, 6.07) is 11.6. The predicted octanol–water partition coefficient (Wildman–Crippen LogP) is 5.02. The molecule has 198 valence electrons. The third kappa shape index (κ3) is 5.76. The molecule has 2 aliphatic heterocycles. The van der Waals surface area contributed by atoms with E-state index in [4.69, 9.17) is 4.74 Å². The number of nitrogens with zero attached hydrogens (tertiary/aromatic N) is 2. The molecule has 1 aromatic heterocycles. The third-order valence-electron chi connectivity index (χ3n) is 7.59. The largest absolute Gasteiger partial charge is 0.497 e. The van der Waals surface area contributed by atoms with Crippen molar-refractivity contribution in [3.8, 4) is 5.75 Å². The maximum atomic E-state index is 15.0. The van der Waals surface area contributed by atoms with Gasteiger partial charge in [0.15, 0.2) is 5.13 Å². The Bertz CT molecular complexity index is 1320. The summed E-state index contributed by atoms with van der Waals surface area (Å²) < 4.78 is 48.2. The molecule has 3 atom stereocenters. The maximum absolute atomic E-state index is 15.0. The monoisotopic (exact) mass is 544 g/mol. The number of halogens is 1. The minimum absolute atomic E-state index is 0.215. The Morgan fingerprint density at radius 1 is 1.24 bits per heavy atom. The van der Waals surface area contributed by atoms with Crippen LogP contribution in [0.5, 0.6) is 5.75 Å². The van der Waals surface area contributed by atoms with E-state index in [0.717, 1.165) is 61.5 Å². The topological polar surface area (TPSA) is 83.6 Å². The van der Waals surface area contributed by atoms with Crippen molar-refractivity contribution in [3.63, 3.8) is 0 Å². The second kappa shape index (κ2) is 11.0. The number of rotatable bonds is 10. The second-order valence-corrected chi connectivity index (χ2v) is 12.4. The van der Waals surface area contributed by atoms with Crippen LogP contribution in [0.2, 0.25) is 0 Å². The highest BCUT2D eigenvalue weighted by atomic mass is 32.2. The Balaban J connectivity index is 1.22. The highest BCUT2D eigenvalue weighted by Crippen LogP contribution is 2.37. The number of anilines is 2. The van der Waals surface area contributed by atoms with Crippen LogP contribution in [0.25, 0.3) is 0 Å². The van der Waals surface area contributed by atoms with Gasteiger partial charge in [0, 0.05) is 36.4 Å². The number of methoxy groups -OCH3 is 1. The lowest BCUT2D eigenvalue weighted by Crippen LogP contribution is -2.29. The molecule has 2 saturated heterocycles. The number of aryl methyl sites for hydroxylation is 1. The zero-order chi connectivity index (χ0) is 26.0. The average Bonchev–Trinajstić information content (AvgIpc) is 3.61. The zero-order valence-electron chi connectivity index (χ0n) is 21.1. The van der Waals surface area contributed by atoms with Gasteiger partial charge in [-0.1, -0.05) is 19.1 Å². The van der Waals surface area contributed by atoms with Crippen LogP contribution in [0.3, 0.4) is 0 Å². The summed E-state index contributed by atoms with van der Waals surface area (Å²) in [5.74, 6) is 1.21. The summed E-state index contributed by atoms with van der Waals surface area (Å²) in [6.45, 7) is 4.89. The lowest BCUT2D eigenvalue weighted by atomic mass is 9.91. The van der Waals surface area contributed by atoms with Crippen LogP contribution in [0, 0.1) is 17.7 Å². The summed E-state index contributed by atoms with van der Waals surface area (Å²) in [7, 11) is -2.38. The summed E-state index contributed by atoms with van der Waals surface area (Å²) in [4.78, 5) is 6.18. The first-order valence-electron chi connectivity index (χ1n) is 12.7. The number of fused-ring (bicyclic) bond motifs is 1. The molecule has 3 aromatic rings. The number of thiazole rings is 1. The molecule has 10 heteroatoms. The number of hydrogen-bond donors (Lipinski definition) is 2. The maximum Gasteiger partial charge on any atom is 0.266 e. The van der Waals surface area contributed by atoms with Gasteiger partial charge < -0.3 is 10.1 Å². The Morgan fingerprint density at radius 3 is 2.76 bits per heavy atom. The van der Waals surface area contributed by atoms with Crippen molar-refractivity contribution >= 4 is 32.2 Å². The van der Waals surface area contributed by atoms with E-state index in [1.807, 2.05) is 19.1 Å². The Labute approximate surface area is 222 Å². The molecule has 0 saturated carbocycles. The van der Waals surface area contributed by atoms with Gasteiger partial charge in [0.25, 0.3) is 10.0 Å². The van der Waals surface area contributed by atoms with Crippen molar-refractivity contribution in [1.29, 1.82) is 0 Å². The fourth-order valence-corrected chi connectivity index (χ4v) is 7.63. The predicted molar refractivity (Wildman–Crippen MR) is 145 cm³/mol. The molecule has 0 amide bonds. The smallest absolute Gasteiger partial charge is 0.266 e. The highest BCUT2D eigenvalue weighted by molar-refractivity contribution is 7.93. The van der Waals surface area contributed by atoms with Crippen molar-refractivity contribution in [1.82, 2.24) is 9.88 Å². The molecule has 0 radical (unpaired) electrons. The van der Waals surface area contributed by atoms with Crippen LogP contribution in [0.4, 0.5) is 15.2 Å². The summed E-state index contributed by atoms with van der Waals surface area (Å²) >= 11 is 1.15. The molecule has 2 aliphatic rings. The Morgan fingerprint density at radius 2 is 2.05 bits per heavy atom. The zero-order valence-corrected chi connectivity index (χ0v) is 22.7. The van der Waals surface area contributed by atoms with E-state index < -0.39 is 15.8 Å². The molecular formula is C27H33FN4O3S2. The van der Waals surface area contributed by atoms with Crippen LogP contribution in [-0.4, -0.2) is 51.1 Å². The van der Waals surface area contributed by atoms with E-state index in [0.29, 0.717) is 30.0 Å². The Hall–Kier alpha value is -2.69. The van der Waals surface area contributed by atoms with Gasteiger partial charge in [0.2, 0.25) is 0 Å². The first-order chi connectivity index (χ1) is 17.9. The molecule has 0 aliphatic carbocycles. The normalized spacial score (nSPS) is 21.6. The third-order valence-corrected chi connectivity index (χ3v) is 9.76. The molecule has 2 unspecified atom stereocenters. The molecule has 2 aromatic carbocycles. The van der Waals surface area contributed by atoms with E-state index in [2.05, 4.69) is 32.1 Å². The van der Waals surface area contributed by atoms with E-state index in [-0.39, 0.29) is 10.0 Å². The first kappa shape index (κ1) is 25.9. The summed E-state index contributed by atoms with van der Waals surface area (Å²) in [5.41, 5.74) is 2.78. The van der Waals surface area contributed by atoms with Gasteiger partial charge in [-0.3, -0.25) is 9.62 Å². The molecule has 3 heterocycles. The van der Waals surface area contributed by atoms with E-state index in [1.165, 1.54) is 23.9 Å². The van der Waals surface area contributed by atoms with Crippen LogP contribution < -0.4 is 14.8 Å². The van der Waals surface area contributed by atoms with E-state index in [1.54, 1.807) is 12.5 Å². The van der Waals surface area contributed by atoms with Gasteiger partial charge in [-0.15, -0.1) is 11.3 Å². The number of sulfonamides is 1. The van der Waals surface area contributed by atoms with Crippen LogP contribution >= 0.6 is 11.3 Å². The molecular weight excluding hydrogens is 511 g/mol. The van der Waals surface area contributed by atoms with Crippen LogP contribution in [-0.2, 0) is 22.9 Å². The fourth-order valence-electron chi connectivity index (χ4n) is 5.73. The van der Waals surface area contributed by atoms with Crippen molar-refractivity contribution in [2.45, 2.75) is 43.5 Å². The molecule has 7 nitrogen and oxygen atoms in total. The van der Waals surface area contributed by atoms with Crippen molar-refractivity contribution in [2.75, 3.05) is 36.8 Å². The van der Waals surface area contributed by atoms with Crippen molar-refractivity contribution < 1.29 is 17.5 Å². The quantitative estimate of drug-likeness (QED) is 0.373. The molecule has 5 rings (SSSR count). The molecule has 37 heavy (non-hydrogen) atoms. The van der Waals surface area contributed by atoms with E-state index in [9.17, 15) is 8.42 Å². The molecule has 0 spiro atoms. The Kier molecular flexibility index (Phi) is 7.69. The van der Waals surface area contributed by atoms with Gasteiger partial charge in [-0.05, 0) is 79.5 Å². The summed E-state index contributed by atoms with van der Waals surface area (Å²) in [6.07, 6.45) is 5.42. The van der Waals surface area contributed by atoms with Crippen LogP contribution in [0.15, 0.2) is 52.9 Å². The number of nitrogens with one attached hydrogen (secondary N) is 2. The number of hydrogen-bond acceptors (Lipinski definition) is 7. The standard InChI is InChI=1S/C27H33FN4O3S2/c1-3-20-14-26(37(33,34)31-27-29-9-11-36-27)23(28)15-24(20)30-16-21-8-10-32-17-19(13-25(21)32)12-18-4-6-22(35-2)7-5-18/h4-7,9,11,14-15,19,21,25,30H,3,8,10,12-13,16-17H2,1-2H3,(H,29,31)/t19?,21-,25?/m0/s1. The number of benzene rings is 2. The van der Waals surface area contributed by atoms with Gasteiger partial charge in [-0.2, -0.15) is 0 Å². The lowest BCUT2D eigenvalue weighted by molar-refractivity contribution is 0.293. The highest BCUT2D eigenvalue weighted by Gasteiger charge is 2.41. The minimum Gasteiger partial charge on any atom is -0.497 e. The molecule has 2 N–H and O–H groups in total. The summed E-state index contributed by atoms with van der Waals surface area (Å²) in [5, 5.41) is 5.33. The van der Waals surface area contributed by atoms with E-state index >= 15 is 4.39 Å². The average molecular weight is 545 g/mol. The lowest BCUT2D eigenvalue weighted by Gasteiger charge is -2.22. The van der Waals surface area contributed by atoms with Crippen molar-refractivity contribution in [2.24, 2.45) is 11.8 Å². The van der Waals surface area contributed by atoms with Crippen LogP contribution in [0.1, 0.15) is 30.9 Å². The number of ether oxygens (including phenoxy) is 1. The fraction of sp³-hybridized carbons (Fsp3) is 0.444. The molecule has 2 fully saturated rings. The van der Waals surface area contributed by atoms with Crippen molar-refractivity contribution in [3.05, 3.63) is 64.9 Å². The SMILES string of the molecule is CCc1cc(S(=O)(=O)Nc2nccs2)c(F)cc1NC[C@@H]1CCN2CC(Cc3ccc(OC)cc3)CC12.